The molecule has 0 aromatic carbocycles. The summed E-state index contributed by atoms with van der Waals surface area (Å²) in [5.41, 5.74) is 2.17. The maximum atomic E-state index is 4.81. The summed E-state index contributed by atoms with van der Waals surface area (Å²) in [5.74, 6) is 0. The monoisotopic (exact) mass is 116 g/mol. The molecule has 7 heavy (non-hydrogen) atoms. The molecule has 0 radical (unpaired) electrons. The van der Waals surface area contributed by atoms with Gasteiger partial charge in [0.15, 0.2) is 0 Å². The Hall–Kier alpha value is -0.0831. The Balaban J connectivity index is 2.69. The maximum absolute atomic E-state index is 4.81. The molecule has 0 aliphatic carbocycles. The molecule has 0 amide bonds. The van der Waals surface area contributed by atoms with Crippen LogP contribution in [0.15, 0.2) is 11.8 Å². The van der Waals surface area contributed by atoms with Gasteiger partial charge >= 0.3 is 0 Å². The minimum Gasteiger partial charge on any atom is -0.384 e. The van der Waals surface area contributed by atoms with Crippen molar-refractivity contribution in [1.29, 1.82) is 0 Å². The molecule has 0 aromatic rings. The van der Waals surface area contributed by atoms with Crippen LogP contribution in [0.3, 0.4) is 0 Å². The average molecular weight is 116 g/mol. The van der Waals surface area contributed by atoms with E-state index in [0.29, 0.717) is 0 Å². The molecule has 1 nitrogen and oxygen atoms in total. The Morgan fingerprint density at radius 3 is 2.86 bits per heavy atom. The van der Waals surface area contributed by atoms with Gasteiger partial charge in [0.05, 0.1) is 0 Å². The molecule has 0 atom stereocenters. The van der Waals surface area contributed by atoms with Crippen LogP contribution in [0.1, 0.15) is 6.42 Å². The first-order chi connectivity index (χ1) is 3.41. The molecule has 0 aromatic heterocycles. The lowest BCUT2D eigenvalue weighted by Gasteiger charge is -1.87. The molecule has 0 aliphatic rings. The fourth-order valence-electron chi connectivity index (χ4n) is 0.353. The van der Waals surface area contributed by atoms with E-state index in [2.05, 4.69) is 11.8 Å². The highest BCUT2D eigenvalue weighted by atomic mass is 28.1. The summed E-state index contributed by atoms with van der Waals surface area (Å²) in [4.78, 5) is 0. The standard InChI is InChI=1S/C5H12OSi/c1-6-4-2-3-5-7/h3,5H,2,4H2,1,7H3. The molecular formula is C5H12OSi. The minimum absolute atomic E-state index is 0.860. The molecule has 0 aliphatic heterocycles. The van der Waals surface area contributed by atoms with E-state index in [0.717, 1.165) is 13.0 Å². The third-order valence-corrected chi connectivity index (χ3v) is 1.20. The number of methoxy groups -OCH3 is 1. The van der Waals surface area contributed by atoms with E-state index in [1.54, 1.807) is 7.11 Å². The van der Waals surface area contributed by atoms with Crippen LogP contribution in [0, 0.1) is 0 Å². The van der Waals surface area contributed by atoms with E-state index in [9.17, 15) is 0 Å². The fourth-order valence-corrected chi connectivity index (χ4v) is 0.686. The lowest BCUT2D eigenvalue weighted by atomic mass is 10.5. The van der Waals surface area contributed by atoms with Crippen molar-refractivity contribution in [2.24, 2.45) is 0 Å². The summed E-state index contributed by atoms with van der Waals surface area (Å²) >= 11 is 0. The van der Waals surface area contributed by atoms with Crippen LogP contribution in [0.2, 0.25) is 0 Å². The zero-order valence-electron chi connectivity index (χ0n) is 4.98. The zero-order chi connectivity index (χ0) is 5.54. The molecule has 0 unspecified atom stereocenters. The molecule has 0 rings (SSSR count). The highest BCUT2D eigenvalue weighted by molar-refractivity contribution is 6.16. The smallest absolute Gasteiger partial charge is 0.0496 e. The first kappa shape index (κ1) is 6.92. The predicted octanol–water partition coefficient (Wildman–Crippen LogP) is -0.0980. The van der Waals surface area contributed by atoms with Crippen molar-refractivity contribution in [2.75, 3.05) is 13.7 Å². The molecule has 0 saturated carbocycles. The lowest BCUT2D eigenvalue weighted by Crippen LogP contribution is -1.82. The van der Waals surface area contributed by atoms with E-state index in [-0.39, 0.29) is 0 Å². The molecule has 0 saturated heterocycles. The molecule has 2 heteroatoms. The van der Waals surface area contributed by atoms with Gasteiger partial charge in [0.1, 0.15) is 0 Å². The first-order valence-corrected chi connectivity index (χ1v) is 3.67. The first-order valence-electron chi connectivity index (χ1n) is 2.52. The zero-order valence-corrected chi connectivity index (χ0v) is 6.98. The van der Waals surface area contributed by atoms with Crippen LogP contribution in [0.5, 0.6) is 0 Å². The van der Waals surface area contributed by atoms with Crippen LogP contribution in [0.4, 0.5) is 0 Å². The number of ether oxygens (including phenoxy) is 1. The lowest BCUT2D eigenvalue weighted by molar-refractivity contribution is 0.204. The summed E-state index contributed by atoms with van der Waals surface area (Å²) in [6.07, 6.45) is 3.22. The third kappa shape index (κ3) is 5.92. The van der Waals surface area contributed by atoms with Crippen LogP contribution < -0.4 is 0 Å². The second kappa shape index (κ2) is 5.92. The van der Waals surface area contributed by atoms with Gasteiger partial charge in [-0.1, -0.05) is 6.08 Å². The summed E-state index contributed by atoms with van der Waals surface area (Å²) in [5, 5.41) is 0. The largest absolute Gasteiger partial charge is 0.384 e. The normalized spacial score (nSPS) is 11.0. The Kier molecular flexibility index (Phi) is 5.85. The van der Waals surface area contributed by atoms with E-state index in [1.165, 1.54) is 10.2 Å². The Bertz CT molecular complexity index is 52.0. The van der Waals surface area contributed by atoms with Gasteiger partial charge < -0.3 is 4.74 Å². The third-order valence-electron chi connectivity index (χ3n) is 0.724. The van der Waals surface area contributed by atoms with E-state index < -0.39 is 0 Å². The van der Waals surface area contributed by atoms with Gasteiger partial charge in [-0.15, -0.1) is 5.70 Å². The van der Waals surface area contributed by atoms with Crippen LogP contribution in [-0.4, -0.2) is 24.0 Å². The van der Waals surface area contributed by atoms with Crippen LogP contribution >= 0.6 is 0 Å². The van der Waals surface area contributed by atoms with Gasteiger partial charge in [-0.2, -0.15) is 0 Å². The molecule has 42 valence electrons. The topological polar surface area (TPSA) is 9.23 Å². The second-order valence-corrected chi connectivity index (χ2v) is 2.02. The average Bonchev–Trinajstić information content (AvgIpc) is 1.69. The van der Waals surface area contributed by atoms with Gasteiger partial charge in [0, 0.05) is 24.0 Å². The Morgan fingerprint density at radius 1 is 1.71 bits per heavy atom. The van der Waals surface area contributed by atoms with Gasteiger partial charge in [-0.3, -0.25) is 0 Å². The molecule has 0 spiro atoms. The summed E-state index contributed by atoms with van der Waals surface area (Å²) in [6, 6.07) is 0. The quantitative estimate of drug-likeness (QED) is 0.370. The van der Waals surface area contributed by atoms with Crippen molar-refractivity contribution in [3.8, 4) is 0 Å². The summed E-state index contributed by atoms with van der Waals surface area (Å²) < 4.78 is 4.81. The van der Waals surface area contributed by atoms with Gasteiger partial charge in [0.2, 0.25) is 0 Å². The highest BCUT2D eigenvalue weighted by Crippen LogP contribution is 1.79. The van der Waals surface area contributed by atoms with E-state index >= 15 is 0 Å². The summed E-state index contributed by atoms with van der Waals surface area (Å²) in [7, 11) is 2.89. The molecular weight excluding hydrogens is 104 g/mol. The van der Waals surface area contributed by atoms with Crippen molar-refractivity contribution < 1.29 is 4.74 Å². The van der Waals surface area contributed by atoms with Crippen molar-refractivity contribution >= 4 is 10.2 Å². The van der Waals surface area contributed by atoms with Crippen molar-refractivity contribution in [3.05, 3.63) is 11.8 Å². The number of hydrogen-bond donors (Lipinski definition) is 0. The van der Waals surface area contributed by atoms with Crippen LogP contribution in [-0.2, 0) is 4.74 Å². The van der Waals surface area contributed by atoms with E-state index in [1.807, 2.05) is 0 Å². The van der Waals surface area contributed by atoms with E-state index in [4.69, 9.17) is 4.74 Å². The molecule has 0 bridgehead atoms. The van der Waals surface area contributed by atoms with Crippen molar-refractivity contribution in [1.82, 2.24) is 0 Å². The van der Waals surface area contributed by atoms with Crippen molar-refractivity contribution in [3.63, 3.8) is 0 Å². The van der Waals surface area contributed by atoms with Crippen molar-refractivity contribution in [2.45, 2.75) is 6.42 Å². The SMILES string of the molecule is COCCC=C[SiH3]. The summed E-state index contributed by atoms with van der Waals surface area (Å²) in [6.45, 7) is 0.860. The predicted molar refractivity (Wildman–Crippen MR) is 35.6 cm³/mol. The maximum Gasteiger partial charge on any atom is 0.0496 e. The molecule has 0 fully saturated rings. The second-order valence-electron chi connectivity index (χ2n) is 1.35. The highest BCUT2D eigenvalue weighted by Gasteiger charge is 1.71. The van der Waals surface area contributed by atoms with Gasteiger partial charge in [-0.05, 0) is 6.42 Å². The minimum atomic E-state index is 0.860. The van der Waals surface area contributed by atoms with Crippen LogP contribution in [0.25, 0.3) is 0 Å². The van der Waals surface area contributed by atoms with Gasteiger partial charge in [-0.25, -0.2) is 0 Å². The molecule has 0 heterocycles. The Labute approximate surface area is 47.8 Å². The number of rotatable bonds is 3. The van der Waals surface area contributed by atoms with Gasteiger partial charge in [0.25, 0.3) is 0 Å². The number of hydrogen-bond acceptors (Lipinski definition) is 1. The fraction of sp³-hybridized carbons (Fsp3) is 0.600. The Morgan fingerprint density at radius 2 is 2.43 bits per heavy atom. The molecule has 0 N–H and O–H groups in total.